The second-order valence-corrected chi connectivity index (χ2v) is 6.36. The molecule has 0 aromatic rings. The molecule has 0 atom stereocenters. The zero-order valence-corrected chi connectivity index (χ0v) is 12.4. The highest BCUT2D eigenvalue weighted by Gasteiger charge is 2.28. The molecular weight excluding hydrogens is 242 g/mol. The molecule has 1 aliphatic rings. The first-order valence-corrected chi connectivity index (χ1v) is 7.38. The molecule has 0 aliphatic heterocycles. The van der Waals surface area contributed by atoms with Crippen LogP contribution < -0.4 is 5.32 Å². The maximum atomic E-state index is 12.0. The van der Waals surface area contributed by atoms with Crippen molar-refractivity contribution in [2.45, 2.75) is 59.3 Å². The van der Waals surface area contributed by atoms with Gasteiger partial charge >= 0.3 is 5.97 Å². The number of hydrogen-bond acceptors (Lipinski definition) is 2. The van der Waals surface area contributed by atoms with Gasteiger partial charge in [0.05, 0.1) is 5.41 Å². The van der Waals surface area contributed by atoms with Crippen LogP contribution in [0.5, 0.6) is 0 Å². The lowest BCUT2D eigenvalue weighted by molar-refractivity contribution is -0.147. The van der Waals surface area contributed by atoms with Crippen LogP contribution in [0.15, 0.2) is 0 Å². The summed E-state index contributed by atoms with van der Waals surface area (Å²) in [6.45, 7) is 6.03. The molecule has 0 heterocycles. The molecule has 110 valence electrons. The maximum absolute atomic E-state index is 12.0. The van der Waals surface area contributed by atoms with Crippen molar-refractivity contribution < 1.29 is 14.7 Å². The van der Waals surface area contributed by atoms with E-state index >= 15 is 0 Å². The molecule has 1 aliphatic carbocycles. The van der Waals surface area contributed by atoms with Crippen LogP contribution in [-0.4, -0.2) is 23.5 Å². The van der Waals surface area contributed by atoms with E-state index in [2.05, 4.69) is 12.2 Å². The zero-order valence-electron chi connectivity index (χ0n) is 12.4. The van der Waals surface area contributed by atoms with E-state index < -0.39 is 11.4 Å². The largest absolute Gasteiger partial charge is 0.481 e. The summed E-state index contributed by atoms with van der Waals surface area (Å²) in [7, 11) is 0. The van der Waals surface area contributed by atoms with E-state index in [1.54, 1.807) is 13.8 Å². The van der Waals surface area contributed by atoms with Crippen LogP contribution in [0.2, 0.25) is 0 Å². The third-order valence-corrected chi connectivity index (χ3v) is 4.42. The summed E-state index contributed by atoms with van der Waals surface area (Å²) in [6.07, 6.45) is 5.93. The first kappa shape index (κ1) is 16.0. The molecular formula is C15H27NO3. The highest BCUT2D eigenvalue weighted by atomic mass is 16.4. The number of carboxylic acid groups (broad SMARTS) is 1. The van der Waals surface area contributed by atoms with Crippen LogP contribution in [0.1, 0.15) is 59.3 Å². The van der Waals surface area contributed by atoms with E-state index in [4.69, 9.17) is 5.11 Å². The number of carboxylic acids is 1. The smallest absolute Gasteiger partial charge is 0.309 e. The minimum absolute atomic E-state index is 0.107. The lowest BCUT2D eigenvalue weighted by Gasteiger charge is -2.27. The van der Waals surface area contributed by atoms with Gasteiger partial charge in [0.2, 0.25) is 5.91 Å². The van der Waals surface area contributed by atoms with Gasteiger partial charge in [-0.15, -0.1) is 0 Å². The topological polar surface area (TPSA) is 66.4 Å². The zero-order chi connectivity index (χ0) is 14.5. The van der Waals surface area contributed by atoms with Crippen LogP contribution in [0.4, 0.5) is 0 Å². The minimum atomic E-state index is -0.815. The summed E-state index contributed by atoms with van der Waals surface area (Å²) in [5, 5.41) is 11.9. The number of rotatable bonds is 6. The van der Waals surface area contributed by atoms with Gasteiger partial charge in [-0.2, -0.15) is 0 Å². The number of carbonyl (C=O) groups excluding carboxylic acids is 1. The van der Waals surface area contributed by atoms with Gasteiger partial charge < -0.3 is 10.4 Å². The Balaban J connectivity index is 2.27. The standard InChI is InChI=1S/C15H27NO3/c1-4-11-5-7-12(8-6-11)13(17)16-10-9-15(2,3)14(18)19/h11-12H,4-10H2,1-3H3,(H,16,17)(H,18,19). The Kier molecular flexibility index (Phi) is 5.83. The SMILES string of the molecule is CCC1CCC(C(=O)NCCC(C)(C)C(=O)O)CC1. The van der Waals surface area contributed by atoms with Crippen molar-refractivity contribution in [1.29, 1.82) is 0 Å². The monoisotopic (exact) mass is 269 g/mol. The molecule has 0 bridgehead atoms. The van der Waals surface area contributed by atoms with E-state index in [0.717, 1.165) is 31.6 Å². The van der Waals surface area contributed by atoms with Gasteiger partial charge in [0.1, 0.15) is 0 Å². The normalized spacial score (nSPS) is 23.9. The summed E-state index contributed by atoms with van der Waals surface area (Å²) < 4.78 is 0. The van der Waals surface area contributed by atoms with Gasteiger partial charge in [-0.25, -0.2) is 0 Å². The molecule has 0 unspecified atom stereocenters. The predicted octanol–water partition coefficient (Wildman–Crippen LogP) is 2.82. The fourth-order valence-corrected chi connectivity index (χ4v) is 2.58. The van der Waals surface area contributed by atoms with Crippen molar-refractivity contribution in [2.24, 2.45) is 17.3 Å². The molecule has 0 aromatic heterocycles. The number of aliphatic carboxylic acids is 1. The van der Waals surface area contributed by atoms with E-state index in [9.17, 15) is 9.59 Å². The highest BCUT2D eigenvalue weighted by molar-refractivity contribution is 5.79. The Hall–Kier alpha value is -1.06. The average molecular weight is 269 g/mol. The molecule has 1 fully saturated rings. The molecule has 2 N–H and O–H groups in total. The first-order valence-electron chi connectivity index (χ1n) is 7.38. The number of nitrogens with one attached hydrogen (secondary N) is 1. The minimum Gasteiger partial charge on any atom is -0.481 e. The van der Waals surface area contributed by atoms with Gasteiger partial charge in [-0.1, -0.05) is 13.3 Å². The number of hydrogen-bond donors (Lipinski definition) is 2. The molecule has 1 rings (SSSR count). The third kappa shape index (κ3) is 4.84. The summed E-state index contributed by atoms with van der Waals surface area (Å²) in [4.78, 5) is 22.9. The molecule has 0 saturated heterocycles. The van der Waals surface area contributed by atoms with Crippen LogP contribution in [0.3, 0.4) is 0 Å². The van der Waals surface area contributed by atoms with Crippen LogP contribution in [0, 0.1) is 17.3 Å². The predicted molar refractivity (Wildman–Crippen MR) is 74.8 cm³/mol. The molecule has 4 nitrogen and oxygen atoms in total. The van der Waals surface area contributed by atoms with E-state index in [1.807, 2.05) is 0 Å². The Bertz CT molecular complexity index is 317. The van der Waals surface area contributed by atoms with Gasteiger partial charge in [0.25, 0.3) is 0 Å². The van der Waals surface area contributed by atoms with Crippen molar-refractivity contribution in [1.82, 2.24) is 5.32 Å². The Morgan fingerprint density at radius 3 is 2.26 bits per heavy atom. The summed E-state index contributed by atoms with van der Waals surface area (Å²) >= 11 is 0. The molecule has 19 heavy (non-hydrogen) atoms. The van der Waals surface area contributed by atoms with Gasteiger partial charge in [0.15, 0.2) is 0 Å². The van der Waals surface area contributed by atoms with Crippen molar-refractivity contribution in [2.75, 3.05) is 6.54 Å². The summed E-state index contributed by atoms with van der Waals surface area (Å²) in [5.74, 6) is 0.215. The molecule has 1 saturated carbocycles. The average Bonchev–Trinajstić information content (AvgIpc) is 2.38. The molecule has 0 radical (unpaired) electrons. The van der Waals surface area contributed by atoms with Crippen LogP contribution in [0.25, 0.3) is 0 Å². The molecule has 4 heteroatoms. The Morgan fingerprint density at radius 1 is 1.21 bits per heavy atom. The maximum Gasteiger partial charge on any atom is 0.309 e. The van der Waals surface area contributed by atoms with Crippen molar-refractivity contribution >= 4 is 11.9 Å². The lowest BCUT2D eigenvalue weighted by Crippen LogP contribution is -2.36. The third-order valence-electron chi connectivity index (χ3n) is 4.42. The molecule has 0 spiro atoms. The highest BCUT2D eigenvalue weighted by Crippen LogP contribution is 2.30. The second kappa shape index (κ2) is 6.92. The van der Waals surface area contributed by atoms with E-state index in [1.165, 1.54) is 6.42 Å². The Morgan fingerprint density at radius 2 is 1.79 bits per heavy atom. The van der Waals surface area contributed by atoms with E-state index in [-0.39, 0.29) is 11.8 Å². The number of amides is 1. The van der Waals surface area contributed by atoms with Crippen molar-refractivity contribution in [3.8, 4) is 0 Å². The molecule has 1 amide bonds. The van der Waals surface area contributed by atoms with Gasteiger partial charge in [-0.05, 0) is 51.9 Å². The van der Waals surface area contributed by atoms with Crippen molar-refractivity contribution in [3.05, 3.63) is 0 Å². The Labute approximate surface area is 116 Å². The summed E-state index contributed by atoms with van der Waals surface area (Å²) in [6, 6.07) is 0. The molecule has 0 aromatic carbocycles. The van der Waals surface area contributed by atoms with Crippen LogP contribution >= 0.6 is 0 Å². The fourth-order valence-electron chi connectivity index (χ4n) is 2.58. The quantitative estimate of drug-likeness (QED) is 0.779. The second-order valence-electron chi connectivity index (χ2n) is 6.36. The first-order chi connectivity index (χ1) is 8.86. The summed E-state index contributed by atoms with van der Waals surface area (Å²) in [5.41, 5.74) is -0.771. The van der Waals surface area contributed by atoms with Gasteiger partial charge in [0, 0.05) is 12.5 Å². The van der Waals surface area contributed by atoms with E-state index in [0.29, 0.717) is 13.0 Å². The van der Waals surface area contributed by atoms with Crippen LogP contribution in [-0.2, 0) is 9.59 Å². The van der Waals surface area contributed by atoms with Gasteiger partial charge in [-0.3, -0.25) is 9.59 Å². The van der Waals surface area contributed by atoms with Crippen molar-refractivity contribution in [3.63, 3.8) is 0 Å². The number of carbonyl (C=O) groups is 2. The lowest BCUT2D eigenvalue weighted by atomic mass is 9.80. The fraction of sp³-hybridized carbons (Fsp3) is 0.867.